The summed E-state index contributed by atoms with van der Waals surface area (Å²) in [5.41, 5.74) is 12.8. The average molecular weight is 427 g/mol. The highest BCUT2D eigenvalue weighted by Gasteiger charge is 2.16. The van der Waals surface area contributed by atoms with Gasteiger partial charge in [0.25, 0.3) is 0 Å². The summed E-state index contributed by atoms with van der Waals surface area (Å²) >= 11 is 1.09. The van der Waals surface area contributed by atoms with Gasteiger partial charge in [-0.15, -0.1) is 11.3 Å². The molecule has 0 aromatic carbocycles. The lowest BCUT2D eigenvalue weighted by molar-refractivity contribution is 0.657. The molecule has 0 aliphatic heterocycles. The van der Waals surface area contributed by atoms with Gasteiger partial charge < -0.3 is 10.7 Å². The molecule has 7 nitrogen and oxygen atoms in total. The Labute approximate surface area is 178 Å². The summed E-state index contributed by atoms with van der Waals surface area (Å²) in [5.74, 6) is 0. The van der Waals surface area contributed by atoms with Crippen molar-refractivity contribution in [3.63, 3.8) is 0 Å². The van der Waals surface area contributed by atoms with Crippen molar-refractivity contribution in [1.82, 2.24) is 30.1 Å². The number of fused-ring (bicyclic) bond motifs is 2. The van der Waals surface area contributed by atoms with Gasteiger partial charge >= 0.3 is 0 Å². The standard InChI is InChI=1S/C22H14FN7S/c23-20-4-3-19(31-20)14-9-26-10-18-13(14)6-17(27-18)22-21-16(29-30-22)2-1-15(28-21)11-5-12(24)8-25-7-11/h1-10,27H,24H2,(H,29,30). The molecule has 9 heteroatoms. The SMILES string of the molecule is Nc1cncc(-c2ccc3[nH]nc(-c4cc5c(-c6ccc(F)s6)cncc5[nH]4)c3n2)c1. The van der Waals surface area contributed by atoms with Gasteiger partial charge in [-0.05, 0) is 36.4 Å². The topological polar surface area (TPSA) is 109 Å². The molecule has 0 fully saturated rings. The van der Waals surface area contributed by atoms with Crippen LogP contribution in [0.1, 0.15) is 0 Å². The number of anilines is 1. The number of aromatic nitrogens is 6. The van der Waals surface area contributed by atoms with E-state index < -0.39 is 0 Å². The van der Waals surface area contributed by atoms with Gasteiger partial charge in [-0.3, -0.25) is 15.1 Å². The van der Waals surface area contributed by atoms with E-state index in [0.717, 1.165) is 60.7 Å². The van der Waals surface area contributed by atoms with E-state index in [0.29, 0.717) is 11.4 Å². The molecule has 0 unspecified atom stereocenters. The summed E-state index contributed by atoms with van der Waals surface area (Å²) in [6, 6.07) is 10.9. The van der Waals surface area contributed by atoms with Crippen LogP contribution in [0.3, 0.4) is 0 Å². The van der Waals surface area contributed by atoms with Crippen molar-refractivity contribution in [2.24, 2.45) is 0 Å². The van der Waals surface area contributed by atoms with Crippen LogP contribution in [0.15, 0.2) is 61.2 Å². The normalized spacial score (nSPS) is 11.5. The predicted octanol–water partition coefficient (Wildman–Crippen LogP) is 5.01. The Bertz CT molecular complexity index is 1580. The van der Waals surface area contributed by atoms with Crippen molar-refractivity contribution in [3.05, 3.63) is 66.3 Å². The van der Waals surface area contributed by atoms with Crippen molar-refractivity contribution in [1.29, 1.82) is 0 Å². The predicted molar refractivity (Wildman–Crippen MR) is 120 cm³/mol. The van der Waals surface area contributed by atoms with Crippen LogP contribution in [0, 0.1) is 5.13 Å². The van der Waals surface area contributed by atoms with Gasteiger partial charge in [-0.2, -0.15) is 9.49 Å². The van der Waals surface area contributed by atoms with Gasteiger partial charge in [-0.1, -0.05) is 0 Å². The molecule has 0 saturated heterocycles. The molecule has 0 radical (unpaired) electrons. The second kappa shape index (κ2) is 6.71. The summed E-state index contributed by atoms with van der Waals surface area (Å²) in [6.45, 7) is 0. The first kappa shape index (κ1) is 17.7. The fraction of sp³-hybridized carbons (Fsp3) is 0. The number of rotatable bonds is 3. The molecule has 0 bridgehead atoms. The third-order valence-electron chi connectivity index (χ3n) is 5.10. The highest BCUT2D eigenvalue weighted by atomic mass is 32.1. The largest absolute Gasteiger partial charge is 0.397 e. The molecule has 4 N–H and O–H groups in total. The van der Waals surface area contributed by atoms with E-state index in [4.69, 9.17) is 10.7 Å². The average Bonchev–Trinajstić information content (AvgIpc) is 3.50. The smallest absolute Gasteiger partial charge is 0.176 e. The van der Waals surface area contributed by atoms with E-state index in [1.807, 2.05) is 24.3 Å². The molecule has 0 amide bonds. The maximum Gasteiger partial charge on any atom is 0.176 e. The van der Waals surface area contributed by atoms with Gasteiger partial charge in [0.2, 0.25) is 0 Å². The van der Waals surface area contributed by atoms with Crippen LogP contribution in [0.2, 0.25) is 0 Å². The van der Waals surface area contributed by atoms with Gasteiger partial charge in [0, 0.05) is 40.0 Å². The van der Waals surface area contributed by atoms with E-state index in [2.05, 4.69) is 25.1 Å². The molecule has 6 heterocycles. The van der Waals surface area contributed by atoms with Gasteiger partial charge in [0.05, 0.1) is 34.3 Å². The Morgan fingerprint density at radius 2 is 1.84 bits per heavy atom. The number of nitrogens with zero attached hydrogens (tertiary/aromatic N) is 4. The van der Waals surface area contributed by atoms with Crippen molar-refractivity contribution < 1.29 is 4.39 Å². The van der Waals surface area contributed by atoms with Crippen LogP contribution >= 0.6 is 11.3 Å². The number of nitrogens with one attached hydrogen (secondary N) is 2. The first-order chi connectivity index (χ1) is 15.2. The third-order valence-corrected chi connectivity index (χ3v) is 6.01. The number of hydrogen-bond donors (Lipinski definition) is 3. The number of hydrogen-bond acceptors (Lipinski definition) is 6. The highest BCUT2D eigenvalue weighted by molar-refractivity contribution is 7.14. The number of H-pyrrole nitrogens is 2. The highest BCUT2D eigenvalue weighted by Crippen LogP contribution is 2.36. The molecule has 0 saturated carbocycles. The van der Waals surface area contributed by atoms with Crippen molar-refractivity contribution >= 4 is 39.0 Å². The maximum absolute atomic E-state index is 13.6. The molecule has 0 aliphatic carbocycles. The van der Waals surface area contributed by atoms with E-state index in [9.17, 15) is 4.39 Å². The van der Waals surface area contributed by atoms with Crippen molar-refractivity contribution in [2.45, 2.75) is 0 Å². The zero-order valence-electron chi connectivity index (χ0n) is 15.9. The number of nitrogen functional groups attached to an aromatic ring is 1. The first-order valence-corrected chi connectivity index (χ1v) is 10.3. The lowest BCUT2D eigenvalue weighted by Crippen LogP contribution is -1.90. The molecule has 6 aromatic heterocycles. The summed E-state index contributed by atoms with van der Waals surface area (Å²) in [7, 11) is 0. The Kier molecular flexibility index (Phi) is 3.84. The Balaban J connectivity index is 1.51. The maximum atomic E-state index is 13.6. The van der Waals surface area contributed by atoms with Crippen LogP contribution < -0.4 is 5.73 Å². The molecule has 0 atom stereocenters. The van der Waals surface area contributed by atoms with Gasteiger partial charge in [-0.25, -0.2) is 4.98 Å². The molecule has 31 heavy (non-hydrogen) atoms. The fourth-order valence-corrected chi connectivity index (χ4v) is 4.43. The van der Waals surface area contributed by atoms with Gasteiger partial charge in [0.1, 0.15) is 11.2 Å². The third kappa shape index (κ3) is 2.94. The van der Waals surface area contributed by atoms with E-state index in [-0.39, 0.29) is 5.13 Å². The number of aromatic amines is 2. The van der Waals surface area contributed by atoms with Gasteiger partial charge in [0.15, 0.2) is 5.13 Å². The van der Waals surface area contributed by atoms with E-state index in [1.165, 1.54) is 6.07 Å². The van der Waals surface area contributed by atoms with Crippen LogP contribution in [0.5, 0.6) is 0 Å². The number of thiophene rings is 1. The number of halogens is 1. The van der Waals surface area contributed by atoms with Crippen LogP contribution in [-0.2, 0) is 0 Å². The molecule has 0 aliphatic rings. The van der Waals surface area contributed by atoms with Crippen LogP contribution in [0.4, 0.5) is 10.1 Å². The fourth-order valence-electron chi connectivity index (χ4n) is 3.68. The summed E-state index contributed by atoms with van der Waals surface area (Å²) in [6.07, 6.45) is 6.82. The van der Waals surface area contributed by atoms with Crippen molar-refractivity contribution in [3.8, 4) is 33.1 Å². The molecular weight excluding hydrogens is 413 g/mol. The molecule has 6 rings (SSSR count). The molecular formula is C22H14FN7S. The number of nitrogens with two attached hydrogens (primary N) is 1. The molecule has 0 spiro atoms. The van der Waals surface area contributed by atoms with E-state index in [1.54, 1.807) is 30.9 Å². The summed E-state index contributed by atoms with van der Waals surface area (Å²) in [5, 5.41) is 8.23. The zero-order chi connectivity index (χ0) is 20.9. The minimum Gasteiger partial charge on any atom is -0.397 e. The minimum atomic E-state index is -0.228. The lowest BCUT2D eigenvalue weighted by Gasteiger charge is -2.02. The van der Waals surface area contributed by atoms with Crippen LogP contribution in [-0.4, -0.2) is 30.1 Å². The Morgan fingerprint density at radius 1 is 0.935 bits per heavy atom. The lowest BCUT2D eigenvalue weighted by atomic mass is 10.1. The summed E-state index contributed by atoms with van der Waals surface area (Å²) < 4.78 is 13.6. The second-order valence-electron chi connectivity index (χ2n) is 7.11. The Hall–Kier alpha value is -4.11. The summed E-state index contributed by atoms with van der Waals surface area (Å²) in [4.78, 5) is 17.5. The zero-order valence-corrected chi connectivity index (χ0v) is 16.7. The monoisotopic (exact) mass is 427 g/mol. The quantitative estimate of drug-likeness (QED) is 0.368. The Morgan fingerprint density at radius 3 is 2.68 bits per heavy atom. The molecule has 150 valence electrons. The van der Waals surface area contributed by atoms with Crippen molar-refractivity contribution in [2.75, 3.05) is 5.73 Å². The molecule has 6 aromatic rings. The van der Waals surface area contributed by atoms with Crippen LogP contribution in [0.25, 0.3) is 55.0 Å². The first-order valence-electron chi connectivity index (χ1n) is 9.44. The second-order valence-corrected chi connectivity index (χ2v) is 8.14. The van der Waals surface area contributed by atoms with E-state index >= 15 is 0 Å². The minimum absolute atomic E-state index is 0.228. The number of pyridine rings is 3.